The maximum Gasteiger partial charge on any atom is 0.167 e. The van der Waals surface area contributed by atoms with Crippen molar-refractivity contribution in [2.24, 2.45) is 5.73 Å². The van der Waals surface area contributed by atoms with E-state index in [0.29, 0.717) is 0 Å². The Balaban J connectivity index is 1.96. The summed E-state index contributed by atoms with van der Waals surface area (Å²) in [6.07, 6.45) is 0.811. The zero-order valence-corrected chi connectivity index (χ0v) is 12.5. The molecule has 0 unspecified atom stereocenters. The standard InChI is InChI=1S/C17H17ClN2O/c1-11(19)15(10-12-6-8-13(18)9-7-12)17-14-4-2-3-5-16(14)21-20-17/h2-9,11,15H,10,19H2,1H3/t11-,15+/m0/s1. The molecule has 2 aromatic carbocycles. The lowest BCUT2D eigenvalue weighted by Gasteiger charge is -2.19. The van der Waals surface area contributed by atoms with Crippen molar-refractivity contribution in [1.29, 1.82) is 0 Å². The summed E-state index contributed by atoms with van der Waals surface area (Å²) in [5.41, 5.74) is 9.10. The van der Waals surface area contributed by atoms with E-state index in [9.17, 15) is 0 Å². The first-order valence-corrected chi connectivity index (χ1v) is 7.37. The number of hydrogen-bond acceptors (Lipinski definition) is 3. The first-order chi connectivity index (χ1) is 10.1. The molecular weight excluding hydrogens is 284 g/mol. The van der Waals surface area contributed by atoms with Gasteiger partial charge in [-0.1, -0.05) is 41.0 Å². The Hall–Kier alpha value is -1.84. The fraction of sp³-hybridized carbons (Fsp3) is 0.235. The molecule has 0 aliphatic rings. The smallest absolute Gasteiger partial charge is 0.167 e. The molecule has 108 valence electrons. The number of nitrogens with two attached hydrogens (primary N) is 1. The molecule has 0 amide bonds. The fourth-order valence-electron chi connectivity index (χ4n) is 2.58. The topological polar surface area (TPSA) is 52.0 Å². The van der Waals surface area contributed by atoms with Gasteiger partial charge in [-0.25, -0.2) is 0 Å². The average molecular weight is 301 g/mol. The third-order valence-corrected chi connectivity index (χ3v) is 4.01. The van der Waals surface area contributed by atoms with Crippen molar-refractivity contribution in [2.75, 3.05) is 0 Å². The minimum Gasteiger partial charge on any atom is -0.356 e. The molecule has 2 N–H and O–H groups in total. The van der Waals surface area contributed by atoms with Crippen LogP contribution in [0, 0.1) is 0 Å². The van der Waals surface area contributed by atoms with E-state index >= 15 is 0 Å². The van der Waals surface area contributed by atoms with Crippen LogP contribution in [-0.2, 0) is 6.42 Å². The van der Waals surface area contributed by atoms with Gasteiger partial charge in [0.1, 0.15) is 0 Å². The summed E-state index contributed by atoms with van der Waals surface area (Å²) in [6.45, 7) is 2.00. The minimum atomic E-state index is -0.0193. The summed E-state index contributed by atoms with van der Waals surface area (Å²) in [7, 11) is 0. The fourth-order valence-corrected chi connectivity index (χ4v) is 2.70. The molecule has 0 bridgehead atoms. The van der Waals surface area contributed by atoms with E-state index in [4.69, 9.17) is 21.9 Å². The Morgan fingerprint density at radius 1 is 1.14 bits per heavy atom. The van der Waals surface area contributed by atoms with Gasteiger partial charge in [-0.15, -0.1) is 0 Å². The van der Waals surface area contributed by atoms with E-state index in [1.54, 1.807) is 0 Å². The second kappa shape index (κ2) is 5.88. The van der Waals surface area contributed by atoms with Gasteiger partial charge in [-0.2, -0.15) is 0 Å². The zero-order chi connectivity index (χ0) is 14.8. The molecule has 0 saturated carbocycles. The summed E-state index contributed by atoms with van der Waals surface area (Å²) < 4.78 is 5.41. The molecule has 1 aromatic heterocycles. The molecule has 0 fully saturated rings. The van der Waals surface area contributed by atoms with Gasteiger partial charge in [0.15, 0.2) is 5.58 Å². The number of aromatic nitrogens is 1. The van der Waals surface area contributed by atoms with Gasteiger partial charge in [0.05, 0.1) is 5.69 Å². The van der Waals surface area contributed by atoms with Crippen molar-refractivity contribution in [3.8, 4) is 0 Å². The van der Waals surface area contributed by atoms with E-state index in [1.807, 2.05) is 55.5 Å². The van der Waals surface area contributed by atoms with Crippen LogP contribution in [0.4, 0.5) is 0 Å². The van der Waals surface area contributed by atoms with Crippen LogP contribution in [0.3, 0.4) is 0 Å². The molecule has 3 nitrogen and oxygen atoms in total. The normalized spacial score (nSPS) is 14.2. The number of halogens is 1. The number of para-hydroxylation sites is 1. The highest BCUT2D eigenvalue weighted by atomic mass is 35.5. The number of hydrogen-bond donors (Lipinski definition) is 1. The lowest BCUT2D eigenvalue weighted by Crippen LogP contribution is -2.26. The first kappa shape index (κ1) is 14.1. The predicted octanol–water partition coefficient (Wildman–Crippen LogP) is 4.15. The van der Waals surface area contributed by atoms with Crippen LogP contribution in [-0.4, -0.2) is 11.2 Å². The van der Waals surface area contributed by atoms with Crippen molar-refractivity contribution in [1.82, 2.24) is 5.16 Å². The van der Waals surface area contributed by atoms with Crippen molar-refractivity contribution in [3.63, 3.8) is 0 Å². The number of nitrogens with zero attached hydrogens (tertiary/aromatic N) is 1. The van der Waals surface area contributed by atoms with Gasteiger partial charge in [0, 0.05) is 22.4 Å². The third kappa shape index (κ3) is 2.94. The van der Waals surface area contributed by atoms with Crippen molar-refractivity contribution in [3.05, 3.63) is 64.8 Å². The van der Waals surface area contributed by atoms with Crippen LogP contribution >= 0.6 is 11.6 Å². The highest BCUT2D eigenvalue weighted by molar-refractivity contribution is 6.30. The zero-order valence-electron chi connectivity index (χ0n) is 11.8. The highest BCUT2D eigenvalue weighted by Gasteiger charge is 2.23. The summed E-state index contributed by atoms with van der Waals surface area (Å²) in [6, 6.07) is 15.7. The van der Waals surface area contributed by atoms with Gasteiger partial charge in [-0.3, -0.25) is 0 Å². The maximum atomic E-state index is 6.19. The first-order valence-electron chi connectivity index (χ1n) is 6.99. The summed E-state index contributed by atoms with van der Waals surface area (Å²) in [5, 5.41) is 6.02. The Morgan fingerprint density at radius 2 is 1.86 bits per heavy atom. The lowest BCUT2D eigenvalue weighted by atomic mass is 9.89. The van der Waals surface area contributed by atoms with Crippen LogP contribution < -0.4 is 5.73 Å². The Morgan fingerprint density at radius 3 is 2.57 bits per heavy atom. The highest BCUT2D eigenvalue weighted by Crippen LogP contribution is 2.29. The molecule has 0 saturated heterocycles. The van der Waals surface area contributed by atoms with Gasteiger partial charge in [-0.05, 0) is 43.2 Å². The molecule has 1 heterocycles. The monoisotopic (exact) mass is 300 g/mol. The van der Waals surface area contributed by atoms with Crippen molar-refractivity contribution < 1.29 is 4.52 Å². The quantitative estimate of drug-likeness (QED) is 0.787. The van der Waals surface area contributed by atoms with Gasteiger partial charge < -0.3 is 10.3 Å². The molecule has 0 aliphatic carbocycles. The number of rotatable bonds is 4. The van der Waals surface area contributed by atoms with Gasteiger partial charge in [0.2, 0.25) is 0 Å². The Bertz CT molecular complexity index is 734. The molecule has 3 rings (SSSR count). The van der Waals surface area contributed by atoms with Crippen molar-refractivity contribution in [2.45, 2.75) is 25.3 Å². The maximum absolute atomic E-state index is 6.19. The lowest BCUT2D eigenvalue weighted by molar-refractivity contribution is 0.425. The molecule has 21 heavy (non-hydrogen) atoms. The molecular formula is C17H17ClN2O. The third-order valence-electron chi connectivity index (χ3n) is 3.76. The SMILES string of the molecule is C[C@H](N)[C@@H](Cc1ccc(Cl)cc1)c1noc2ccccc12. The van der Waals surface area contributed by atoms with E-state index in [-0.39, 0.29) is 12.0 Å². The second-order valence-electron chi connectivity index (χ2n) is 5.36. The summed E-state index contributed by atoms with van der Waals surface area (Å²) in [4.78, 5) is 0. The number of fused-ring (bicyclic) bond motifs is 1. The van der Waals surface area contributed by atoms with Crippen LogP contribution in [0.25, 0.3) is 11.0 Å². The average Bonchev–Trinajstić information content (AvgIpc) is 2.90. The van der Waals surface area contributed by atoms with E-state index in [1.165, 1.54) is 5.56 Å². The molecule has 2 atom stereocenters. The number of benzene rings is 2. The van der Waals surface area contributed by atoms with E-state index < -0.39 is 0 Å². The van der Waals surface area contributed by atoms with Crippen LogP contribution in [0.2, 0.25) is 5.02 Å². The van der Waals surface area contributed by atoms with Gasteiger partial charge >= 0.3 is 0 Å². The second-order valence-corrected chi connectivity index (χ2v) is 5.80. The molecule has 3 aromatic rings. The van der Waals surface area contributed by atoms with Crippen molar-refractivity contribution >= 4 is 22.6 Å². The molecule has 4 heteroatoms. The van der Waals surface area contributed by atoms with Gasteiger partial charge in [0.25, 0.3) is 0 Å². The molecule has 0 spiro atoms. The van der Waals surface area contributed by atoms with Crippen LogP contribution in [0.5, 0.6) is 0 Å². The largest absolute Gasteiger partial charge is 0.356 e. The summed E-state index contributed by atoms with van der Waals surface area (Å²) >= 11 is 5.94. The summed E-state index contributed by atoms with van der Waals surface area (Å²) in [5.74, 6) is 0.106. The molecule has 0 aliphatic heterocycles. The predicted molar refractivity (Wildman–Crippen MR) is 85.6 cm³/mol. The van der Waals surface area contributed by atoms with E-state index in [2.05, 4.69) is 5.16 Å². The van der Waals surface area contributed by atoms with Crippen LogP contribution in [0.15, 0.2) is 53.1 Å². The minimum absolute atomic E-state index is 0.0193. The van der Waals surface area contributed by atoms with E-state index in [0.717, 1.165) is 28.1 Å². The Kier molecular flexibility index (Phi) is 3.95. The van der Waals surface area contributed by atoms with Crippen LogP contribution in [0.1, 0.15) is 24.1 Å². The molecule has 0 radical (unpaired) electrons. The Labute approximate surface area is 128 Å².